The number of para-hydroxylation sites is 1. The third kappa shape index (κ3) is 3.50. The van der Waals surface area contributed by atoms with Gasteiger partial charge in [-0.1, -0.05) is 32.0 Å². The largest absolute Gasteiger partial charge is 0.462 e. The number of carbonyl (C=O) groups excluding carboxylic acids is 2. The molecule has 0 aliphatic carbocycles. The number of nitrogens with one attached hydrogen (secondary N) is 1. The lowest BCUT2D eigenvalue weighted by Gasteiger charge is -2.12. The lowest BCUT2D eigenvalue weighted by Crippen LogP contribution is -2.20. The Kier molecular flexibility index (Phi) is 5.00. The van der Waals surface area contributed by atoms with Crippen molar-refractivity contribution < 1.29 is 14.3 Å². The molecule has 0 aliphatic heterocycles. The normalized spacial score (nSPS) is 10.6. The Hall–Kier alpha value is -2.83. The monoisotopic (exact) mass is 316 g/mol. The minimum absolute atomic E-state index is 0.0455. The van der Waals surface area contributed by atoms with Crippen LogP contribution in [0.4, 0.5) is 17.3 Å². The number of hydrogen-bond acceptors (Lipinski definition) is 6. The van der Waals surface area contributed by atoms with Crippen molar-refractivity contribution in [3.8, 4) is 0 Å². The summed E-state index contributed by atoms with van der Waals surface area (Å²) in [5.74, 6) is -1.03. The summed E-state index contributed by atoms with van der Waals surface area (Å²) in [5.41, 5.74) is 6.60. The molecule has 0 saturated carbocycles. The smallest absolute Gasteiger partial charge is 0.345 e. The van der Waals surface area contributed by atoms with E-state index in [1.165, 1.54) is 0 Å². The number of benzene rings is 1. The fourth-order valence-corrected chi connectivity index (χ4v) is 2.02. The van der Waals surface area contributed by atoms with Crippen molar-refractivity contribution in [2.24, 2.45) is 5.92 Å². The second kappa shape index (κ2) is 6.95. The molecular weight excluding hydrogens is 296 g/mol. The van der Waals surface area contributed by atoms with E-state index in [9.17, 15) is 9.59 Å². The van der Waals surface area contributed by atoms with E-state index in [1.54, 1.807) is 20.8 Å². The molecule has 0 fully saturated rings. The molecule has 0 aliphatic rings. The van der Waals surface area contributed by atoms with Gasteiger partial charge in [-0.3, -0.25) is 4.79 Å². The Morgan fingerprint density at radius 3 is 2.52 bits per heavy atom. The molecule has 0 spiro atoms. The molecule has 7 nitrogen and oxygen atoms in total. The van der Waals surface area contributed by atoms with Gasteiger partial charge in [0, 0.05) is 11.6 Å². The number of ether oxygens (including phenoxy) is 1. The topological polar surface area (TPSA) is 99.2 Å². The summed E-state index contributed by atoms with van der Waals surface area (Å²) in [6.07, 6.45) is 0. The number of nitrogens with zero attached hydrogens (tertiary/aromatic N) is 2. The number of esters is 1. The first-order valence-electron chi connectivity index (χ1n) is 7.37. The molecule has 1 heterocycles. The summed E-state index contributed by atoms with van der Waals surface area (Å²) in [6, 6.07) is 9.15. The number of anilines is 3. The first-order chi connectivity index (χ1) is 11.0. The van der Waals surface area contributed by atoms with Crippen molar-refractivity contribution in [3.63, 3.8) is 0 Å². The molecule has 1 aromatic carbocycles. The first kappa shape index (κ1) is 16.5. The van der Waals surface area contributed by atoms with Gasteiger partial charge in [0.1, 0.15) is 5.56 Å². The van der Waals surface area contributed by atoms with Crippen LogP contribution in [0.2, 0.25) is 0 Å². The van der Waals surface area contributed by atoms with Gasteiger partial charge in [-0.05, 0) is 19.1 Å². The zero-order valence-electron chi connectivity index (χ0n) is 13.4. The van der Waals surface area contributed by atoms with Crippen LogP contribution in [0.25, 0.3) is 0 Å². The van der Waals surface area contributed by atoms with E-state index in [2.05, 4.69) is 10.4 Å². The highest BCUT2D eigenvalue weighted by molar-refractivity contribution is 6.02. The molecule has 122 valence electrons. The van der Waals surface area contributed by atoms with E-state index in [4.69, 9.17) is 10.5 Å². The van der Waals surface area contributed by atoms with Crippen LogP contribution in [0.15, 0.2) is 30.3 Å². The highest BCUT2D eigenvalue weighted by Gasteiger charge is 2.27. The Bertz CT molecular complexity index is 708. The van der Waals surface area contributed by atoms with Crippen LogP contribution in [0.5, 0.6) is 0 Å². The van der Waals surface area contributed by atoms with E-state index in [-0.39, 0.29) is 35.6 Å². The van der Waals surface area contributed by atoms with Crippen molar-refractivity contribution in [2.45, 2.75) is 20.8 Å². The predicted molar refractivity (Wildman–Crippen MR) is 87.8 cm³/mol. The highest BCUT2D eigenvalue weighted by Crippen LogP contribution is 2.27. The Labute approximate surface area is 134 Å². The molecule has 7 heteroatoms. The van der Waals surface area contributed by atoms with Gasteiger partial charge in [0.25, 0.3) is 5.91 Å². The van der Waals surface area contributed by atoms with Gasteiger partial charge < -0.3 is 15.8 Å². The molecule has 0 bridgehead atoms. The van der Waals surface area contributed by atoms with Crippen LogP contribution in [0.1, 0.15) is 35.9 Å². The van der Waals surface area contributed by atoms with Gasteiger partial charge in [-0.15, -0.1) is 5.10 Å². The fourth-order valence-electron chi connectivity index (χ4n) is 2.02. The third-order valence-electron chi connectivity index (χ3n) is 3.13. The van der Waals surface area contributed by atoms with Crippen molar-refractivity contribution >= 4 is 29.2 Å². The molecule has 23 heavy (non-hydrogen) atoms. The maximum atomic E-state index is 12.4. The van der Waals surface area contributed by atoms with Gasteiger partial charge in [0.05, 0.1) is 6.61 Å². The molecular formula is C16H20N4O3. The van der Waals surface area contributed by atoms with Gasteiger partial charge in [-0.2, -0.15) is 4.68 Å². The highest BCUT2D eigenvalue weighted by atomic mass is 16.5. The SMILES string of the molecule is CCOC(=O)c1c(N)nn(C(=O)C(C)C)c1Nc1ccccc1. The average Bonchev–Trinajstić information content (AvgIpc) is 2.84. The maximum absolute atomic E-state index is 12.4. The van der Waals surface area contributed by atoms with E-state index >= 15 is 0 Å². The molecule has 3 N–H and O–H groups in total. The molecule has 0 radical (unpaired) electrons. The molecule has 2 rings (SSSR count). The molecule has 0 atom stereocenters. The summed E-state index contributed by atoms with van der Waals surface area (Å²) >= 11 is 0. The minimum Gasteiger partial charge on any atom is -0.462 e. The van der Waals surface area contributed by atoms with Crippen LogP contribution in [-0.2, 0) is 4.74 Å². The maximum Gasteiger partial charge on any atom is 0.345 e. The fraction of sp³-hybridized carbons (Fsp3) is 0.312. The lowest BCUT2D eigenvalue weighted by molar-refractivity contribution is 0.0529. The van der Waals surface area contributed by atoms with Crippen LogP contribution < -0.4 is 11.1 Å². The van der Waals surface area contributed by atoms with Gasteiger partial charge in [0.2, 0.25) is 0 Å². The quantitative estimate of drug-likeness (QED) is 0.823. The van der Waals surface area contributed by atoms with E-state index in [1.807, 2.05) is 30.3 Å². The van der Waals surface area contributed by atoms with Gasteiger partial charge in [-0.25, -0.2) is 4.79 Å². The second-order valence-electron chi connectivity index (χ2n) is 5.23. The third-order valence-corrected chi connectivity index (χ3v) is 3.13. The van der Waals surface area contributed by atoms with E-state index in [0.717, 1.165) is 4.68 Å². The van der Waals surface area contributed by atoms with E-state index < -0.39 is 5.97 Å². The van der Waals surface area contributed by atoms with Gasteiger partial charge in [0.15, 0.2) is 11.6 Å². The second-order valence-corrected chi connectivity index (χ2v) is 5.23. The number of hydrogen-bond donors (Lipinski definition) is 2. The molecule has 0 amide bonds. The number of nitrogen functional groups attached to an aromatic ring is 1. The zero-order valence-corrected chi connectivity index (χ0v) is 13.4. The zero-order chi connectivity index (χ0) is 17.0. The summed E-state index contributed by atoms with van der Waals surface area (Å²) in [6.45, 7) is 5.39. The summed E-state index contributed by atoms with van der Waals surface area (Å²) in [7, 11) is 0. The number of carbonyl (C=O) groups is 2. The standard InChI is InChI=1S/C16H20N4O3/c1-4-23-16(22)12-13(17)19-20(15(21)10(2)3)14(12)18-11-8-6-5-7-9-11/h5-10,18H,4H2,1-3H3,(H2,17,19). The van der Waals surface area contributed by atoms with Crippen LogP contribution in [0.3, 0.4) is 0 Å². The number of nitrogens with two attached hydrogens (primary N) is 1. The molecule has 0 unspecified atom stereocenters. The first-order valence-corrected chi connectivity index (χ1v) is 7.37. The molecule has 1 aromatic heterocycles. The van der Waals surface area contributed by atoms with E-state index in [0.29, 0.717) is 5.69 Å². The summed E-state index contributed by atoms with van der Waals surface area (Å²) in [5, 5.41) is 7.05. The Morgan fingerprint density at radius 1 is 1.30 bits per heavy atom. The lowest BCUT2D eigenvalue weighted by atomic mass is 10.2. The molecule has 2 aromatic rings. The van der Waals surface area contributed by atoms with Crippen molar-refractivity contribution in [1.29, 1.82) is 0 Å². The van der Waals surface area contributed by atoms with Crippen molar-refractivity contribution in [2.75, 3.05) is 17.7 Å². The average molecular weight is 316 g/mol. The van der Waals surface area contributed by atoms with Crippen LogP contribution in [0, 0.1) is 5.92 Å². The summed E-state index contributed by atoms with van der Waals surface area (Å²) < 4.78 is 6.14. The van der Waals surface area contributed by atoms with Crippen molar-refractivity contribution in [1.82, 2.24) is 9.78 Å². The Balaban J connectivity index is 2.53. The predicted octanol–water partition coefficient (Wildman–Crippen LogP) is 2.68. The van der Waals surface area contributed by atoms with Crippen molar-refractivity contribution in [3.05, 3.63) is 35.9 Å². The molecule has 0 saturated heterocycles. The number of aromatic nitrogens is 2. The number of rotatable bonds is 5. The van der Waals surface area contributed by atoms with Crippen LogP contribution >= 0.6 is 0 Å². The summed E-state index contributed by atoms with van der Waals surface area (Å²) in [4.78, 5) is 24.5. The minimum atomic E-state index is -0.619. The Morgan fingerprint density at radius 2 is 1.96 bits per heavy atom. The van der Waals surface area contributed by atoms with Gasteiger partial charge >= 0.3 is 5.97 Å². The van der Waals surface area contributed by atoms with Crippen LogP contribution in [-0.4, -0.2) is 28.3 Å².